The van der Waals surface area contributed by atoms with Gasteiger partial charge in [-0.3, -0.25) is 0 Å². The van der Waals surface area contributed by atoms with Crippen LogP contribution in [0.5, 0.6) is 34.5 Å². The van der Waals surface area contributed by atoms with Gasteiger partial charge in [0, 0.05) is 0 Å². The Morgan fingerprint density at radius 2 is 0.677 bits per heavy atom. The second-order valence-electron chi connectivity index (χ2n) is 7.19. The van der Waals surface area contributed by atoms with E-state index in [0.29, 0.717) is 34.5 Å². The van der Waals surface area contributed by atoms with Crippen molar-refractivity contribution in [3.63, 3.8) is 0 Å². The Kier molecular flexibility index (Phi) is 3.37. The zero-order chi connectivity index (χ0) is 20.8. The molecule has 0 saturated heterocycles. The second-order valence-corrected chi connectivity index (χ2v) is 10.5. The molecule has 0 aliphatic carbocycles. The van der Waals surface area contributed by atoms with E-state index < -0.39 is 7.31 Å². The van der Waals surface area contributed by atoms with Crippen LogP contribution < -0.4 is 27.1 Å². The summed E-state index contributed by atoms with van der Waals surface area (Å²) in [6, 6.07) is 32.4. The van der Waals surface area contributed by atoms with E-state index in [9.17, 15) is 0 Å². The van der Waals surface area contributed by atoms with Gasteiger partial charge in [0.05, 0.1) is 0 Å². The van der Waals surface area contributed by atoms with E-state index in [4.69, 9.17) is 27.1 Å². The molecule has 2 aliphatic rings. The van der Waals surface area contributed by atoms with E-state index in [1.165, 1.54) is 0 Å². The molecule has 4 aromatic carbocycles. The molecule has 7 heteroatoms. The summed E-state index contributed by atoms with van der Waals surface area (Å²) in [5, 5.41) is 0. The predicted molar refractivity (Wildman–Crippen MR) is 116 cm³/mol. The monoisotopic (exact) mass is 433 g/mol. The molecular weight excluding hydrogens is 415 g/mol. The van der Waals surface area contributed by atoms with Gasteiger partial charge in [0.25, 0.3) is 0 Å². The Labute approximate surface area is 178 Å². The van der Waals surface area contributed by atoms with Crippen molar-refractivity contribution in [3.05, 3.63) is 109 Å². The normalized spacial score (nSPS) is 20.0. The first-order valence-corrected chi connectivity index (χ1v) is 12.0. The maximum absolute atomic E-state index is 6.49. The van der Waals surface area contributed by atoms with Gasteiger partial charge in [0.2, 0.25) is 0 Å². The first-order valence-electron chi connectivity index (χ1n) is 9.80. The number of hydrogen-bond acceptors (Lipinski definition) is 6. The molecule has 156 valence electrons. The molecule has 0 N–H and O–H groups in total. The first kappa shape index (κ1) is 17.9. The minimum absolute atomic E-state index is 0.387. The van der Waals surface area contributed by atoms with E-state index in [0.717, 1.165) is 0 Å². The molecule has 6 nitrogen and oxygen atoms in total. The van der Waals surface area contributed by atoms with Gasteiger partial charge in [0.15, 0.2) is 0 Å². The molecule has 31 heavy (non-hydrogen) atoms. The molecule has 0 amide bonds. The summed E-state index contributed by atoms with van der Waals surface area (Å²) in [6.07, 6.45) is 0. The quantitative estimate of drug-likeness (QED) is 0.335. The van der Waals surface area contributed by atoms with Crippen LogP contribution in [-0.4, -0.2) is 0 Å². The average molecular weight is 433 g/mol. The fourth-order valence-electron chi connectivity index (χ4n) is 3.68. The number of hydrogen-bond donors (Lipinski definition) is 0. The molecule has 0 fully saturated rings. The van der Waals surface area contributed by atoms with Crippen LogP contribution in [0.4, 0.5) is 0 Å². The molecule has 1 spiro atoms. The van der Waals surface area contributed by atoms with Crippen LogP contribution in [0.2, 0.25) is 0 Å². The maximum atomic E-state index is 6.49. The average Bonchev–Trinajstić information content (AvgIpc) is 3.24. The standard InChI is InChI=1S/C24H18O6P/c1-3-11-19(12-4-1)25-31(26-20-13-5-2-6-14-20,27-21-15-7-8-16-22(21)28-31)29-23-17-9-10-18-24(23)30-31/h1-18H/q-1. The van der Waals surface area contributed by atoms with Gasteiger partial charge in [-0.1, -0.05) is 0 Å². The molecule has 2 aliphatic heterocycles. The van der Waals surface area contributed by atoms with Crippen LogP contribution in [-0.2, 0) is 0 Å². The summed E-state index contributed by atoms with van der Waals surface area (Å²) in [5.41, 5.74) is 0. The van der Waals surface area contributed by atoms with Crippen molar-refractivity contribution in [1.82, 2.24) is 0 Å². The van der Waals surface area contributed by atoms with Crippen LogP contribution in [0.1, 0.15) is 0 Å². The number of benzene rings is 4. The Hall–Kier alpha value is -3.89. The summed E-state index contributed by atoms with van der Waals surface area (Å²) >= 11 is 0. The van der Waals surface area contributed by atoms with E-state index in [-0.39, 0.29) is 0 Å². The molecule has 0 atom stereocenters. The third-order valence-corrected chi connectivity index (χ3v) is 8.35. The molecule has 0 bridgehead atoms. The molecule has 0 saturated carbocycles. The number of fused-ring (bicyclic) bond motifs is 2. The van der Waals surface area contributed by atoms with Gasteiger partial charge in [0.1, 0.15) is 0 Å². The van der Waals surface area contributed by atoms with E-state index in [1.807, 2.05) is 60.7 Å². The Morgan fingerprint density at radius 1 is 0.387 bits per heavy atom. The van der Waals surface area contributed by atoms with Gasteiger partial charge < -0.3 is 0 Å². The summed E-state index contributed by atoms with van der Waals surface area (Å²) in [7, 11) is -5.94. The zero-order valence-corrected chi connectivity index (χ0v) is 17.2. The van der Waals surface area contributed by atoms with Crippen molar-refractivity contribution in [3.8, 4) is 34.5 Å². The van der Waals surface area contributed by atoms with Crippen LogP contribution >= 0.6 is 7.31 Å². The Bertz CT molecular complexity index is 1130. The molecule has 4 aromatic rings. The second kappa shape index (κ2) is 5.84. The molecule has 0 unspecified atom stereocenters. The Balaban J connectivity index is 1.63. The first-order chi connectivity index (χ1) is 15.1. The van der Waals surface area contributed by atoms with Gasteiger partial charge in [-0.05, 0) is 0 Å². The Morgan fingerprint density at radius 3 is 1.00 bits per heavy atom. The van der Waals surface area contributed by atoms with E-state index in [2.05, 4.69) is 0 Å². The molecule has 6 rings (SSSR count). The van der Waals surface area contributed by atoms with Crippen molar-refractivity contribution in [2.24, 2.45) is 0 Å². The summed E-state index contributed by atoms with van der Waals surface area (Å²) in [4.78, 5) is 0. The van der Waals surface area contributed by atoms with Crippen LogP contribution in [0.15, 0.2) is 109 Å². The van der Waals surface area contributed by atoms with Crippen molar-refractivity contribution in [2.75, 3.05) is 0 Å². The predicted octanol–water partition coefficient (Wildman–Crippen LogP) is 6.67. The SMILES string of the molecule is c1ccc(O[P-]23(Oc4ccccc4)(Oc4ccccc4O2)Oc2ccccc2O3)cc1. The third kappa shape index (κ3) is 2.62. The number of rotatable bonds is 4. The zero-order valence-electron chi connectivity index (χ0n) is 16.3. The van der Waals surface area contributed by atoms with Crippen molar-refractivity contribution < 1.29 is 27.1 Å². The van der Waals surface area contributed by atoms with Gasteiger partial charge in [-0.2, -0.15) is 0 Å². The van der Waals surface area contributed by atoms with Crippen LogP contribution in [0, 0.1) is 0 Å². The van der Waals surface area contributed by atoms with E-state index in [1.54, 1.807) is 48.5 Å². The van der Waals surface area contributed by atoms with Crippen LogP contribution in [0.25, 0.3) is 0 Å². The topological polar surface area (TPSA) is 55.4 Å². The van der Waals surface area contributed by atoms with Crippen molar-refractivity contribution >= 4 is 7.31 Å². The van der Waals surface area contributed by atoms with Crippen LogP contribution in [0.3, 0.4) is 0 Å². The fraction of sp³-hybridized carbons (Fsp3) is 0. The van der Waals surface area contributed by atoms with Gasteiger partial charge in [-0.25, -0.2) is 0 Å². The molecule has 0 radical (unpaired) electrons. The summed E-state index contributed by atoms with van der Waals surface area (Å²) in [5.74, 6) is 2.34. The van der Waals surface area contributed by atoms with Crippen molar-refractivity contribution in [1.29, 1.82) is 0 Å². The van der Waals surface area contributed by atoms with Gasteiger partial charge >= 0.3 is 178 Å². The molecule has 2 heterocycles. The number of para-hydroxylation sites is 6. The van der Waals surface area contributed by atoms with Gasteiger partial charge in [-0.15, -0.1) is 0 Å². The third-order valence-electron chi connectivity index (χ3n) is 4.91. The molecule has 0 aromatic heterocycles. The summed E-state index contributed by atoms with van der Waals surface area (Å²) < 4.78 is 38.8. The molecular formula is C24H18O6P-. The summed E-state index contributed by atoms with van der Waals surface area (Å²) in [6.45, 7) is 0. The minimum atomic E-state index is -5.94. The van der Waals surface area contributed by atoms with Crippen molar-refractivity contribution in [2.45, 2.75) is 0 Å². The van der Waals surface area contributed by atoms with E-state index >= 15 is 0 Å². The fourth-order valence-corrected chi connectivity index (χ4v) is 7.55.